The van der Waals surface area contributed by atoms with E-state index in [2.05, 4.69) is 0 Å². The van der Waals surface area contributed by atoms with Crippen LogP contribution in [-0.2, 0) is 23.0 Å². The third-order valence-corrected chi connectivity index (χ3v) is 0.972. The molecule has 7 heavy (non-hydrogen) atoms. The number of carbonyl (C=O) groups excluding carboxylic acids is 1. The summed E-state index contributed by atoms with van der Waals surface area (Å²) in [4.78, 5) is 9.33. The van der Waals surface area contributed by atoms with Gasteiger partial charge in [-0.3, -0.25) is 0 Å². The maximum absolute atomic E-state index is 9.49. The molecule has 0 spiro atoms. The number of hydrogen-bond donors (Lipinski definition) is 0. The summed E-state index contributed by atoms with van der Waals surface area (Å²) in [5.74, 6) is -1.53. The van der Waals surface area contributed by atoms with E-state index in [1.54, 1.807) is 0 Å². The molecule has 0 saturated carbocycles. The molecule has 0 radical (unpaired) electrons. The minimum absolute atomic E-state index is 0.819. The van der Waals surface area contributed by atoms with Crippen LogP contribution in [0.4, 0.5) is 0 Å². The number of carboxylic acids is 1. The summed E-state index contributed by atoms with van der Waals surface area (Å²) in [5.41, 5.74) is 0. The van der Waals surface area contributed by atoms with E-state index in [4.69, 9.17) is 0 Å². The van der Waals surface area contributed by atoms with Crippen molar-refractivity contribution in [1.29, 1.82) is 0 Å². The van der Waals surface area contributed by atoms with Gasteiger partial charge in [-0.2, -0.15) is 0 Å². The van der Waals surface area contributed by atoms with Crippen LogP contribution < -0.4 is 9.26 Å². The van der Waals surface area contributed by atoms with Gasteiger partial charge >= 0.3 is 43.5 Å². The summed E-state index contributed by atoms with van der Waals surface area (Å²) < 4.78 is 19.0. The van der Waals surface area contributed by atoms with E-state index in [-0.39, 0.29) is 0 Å². The summed E-state index contributed by atoms with van der Waals surface area (Å²) >= 11 is -3.28. The summed E-state index contributed by atoms with van der Waals surface area (Å²) in [6.45, 7) is 0. The van der Waals surface area contributed by atoms with Crippen molar-refractivity contribution in [3.05, 3.63) is 0 Å². The molecule has 0 aliphatic carbocycles. The van der Waals surface area contributed by atoms with Crippen LogP contribution >= 0.6 is 0 Å². The standard InChI is InChI=1S/C2H3O2.Cr.2O/c1-2(3)4;;;/h1H2,(H,3,4);;;/q;;;-1/p-1. The molecule has 0 N–H and O–H groups in total. The van der Waals surface area contributed by atoms with Crippen molar-refractivity contribution in [3.8, 4) is 0 Å². The Labute approximate surface area is 44.3 Å². The molecule has 42 valence electrons. The van der Waals surface area contributed by atoms with Gasteiger partial charge in [-0.05, 0) is 0 Å². The summed E-state index contributed by atoms with van der Waals surface area (Å²) in [7, 11) is 0. The van der Waals surface area contributed by atoms with Crippen LogP contribution in [0, 0.1) is 0 Å². The van der Waals surface area contributed by atoms with Gasteiger partial charge in [-0.1, -0.05) is 0 Å². The van der Waals surface area contributed by atoms with Crippen LogP contribution in [0.15, 0.2) is 0 Å². The molecule has 0 saturated heterocycles. The number of carbonyl (C=O) groups is 1. The van der Waals surface area contributed by atoms with Gasteiger partial charge in [-0.25, -0.2) is 0 Å². The molecule has 0 fully saturated rings. The molecule has 0 aliphatic heterocycles. The van der Waals surface area contributed by atoms with Crippen LogP contribution in [0.1, 0.15) is 0 Å². The Morgan fingerprint density at radius 3 is 2.14 bits per heavy atom. The van der Waals surface area contributed by atoms with Crippen LogP contribution in [0.25, 0.3) is 0 Å². The Balaban J connectivity index is 3.32. The van der Waals surface area contributed by atoms with Crippen molar-refractivity contribution >= 4 is 5.97 Å². The number of hydrogen-bond acceptors (Lipinski definition) is 4. The van der Waals surface area contributed by atoms with E-state index in [1.165, 1.54) is 0 Å². The fourth-order valence-corrected chi connectivity index (χ4v) is 0.397. The Morgan fingerprint density at radius 2 is 2.14 bits per heavy atom. The Kier molecular flexibility index (Phi) is 2.76. The molecule has 0 heterocycles. The van der Waals surface area contributed by atoms with E-state index in [9.17, 15) is 17.9 Å². The van der Waals surface area contributed by atoms with Gasteiger partial charge in [0, 0.05) is 0 Å². The first-order chi connectivity index (χ1) is 3.13. The molecule has 0 atom stereocenters. The molecular formula is C2H2CrO4-2. The Hall–Kier alpha value is -0.238. The van der Waals surface area contributed by atoms with Crippen molar-refractivity contribution in [2.24, 2.45) is 0 Å². The maximum atomic E-state index is 9.49. The van der Waals surface area contributed by atoms with Gasteiger partial charge in [-0.15, -0.1) is 0 Å². The Morgan fingerprint density at radius 1 is 1.71 bits per heavy atom. The molecule has 0 aromatic rings. The molecule has 0 aromatic carbocycles. The zero-order chi connectivity index (χ0) is 5.86. The molecule has 0 unspecified atom stereocenters. The first-order valence-electron chi connectivity index (χ1n) is 1.38. The van der Waals surface area contributed by atoms with E-state index in [0.717, 1.165) is 0 Å². The zero-order valence-electron chi connectivity index (χ0n) is 3.25. The fraction of sp³-hybridized carbons (Fsp3) is 0.500. The minimum atomic E-state index is -3.28. The normalized spacial score (nSPS) is 9.43. The third-order valence-electron chi connectivity index (χ3n) is 0.236. The number of aliphatic carboxylic acids is 1. The third kappa shape index (κ3) is 5.76. The predicted octanol–water partition coefficient (Wildman–Crippen LogP) is -2.61. The van der Waals surface area contributed by atoms with E-state index >= 15 is 0 Å². The fourth-order valence-electron chi connectivity index (χ4n) is 0.0962. The summed E-state index contributed by atoms with van der Waals surface area (Å²) in [6, 6.07) is 0. The van der Waals surface area contributed by atoms with Crippen LogP contribution in [0.3, 0.4) is 0 Å². The van der Waals surface area contributed by atoms with Crippen molar-refractivity contribution < 1.29 is 32.3 Å². The quantitative estimate of drug-likeness (QED) is 0.423. The van der Waals surface area contributed by atoms with Crippen molar-refractivity contribution in [1.82, 2.24) is 0 Å². The molecule has 0 rings (SSSR count). The molecule has 0 bridgehead atoms. The second-order valence-corrected chi connectivity index (χ2v) is 2.22. The summed E-state index contributed by atoms with van der Waals surface area (Å²) in [5, 5.41) is 8.51. The van der Waals surface area contributed by atoms with E-state index in [0.29, 0.717) is 0 Å². The van der Waals surface area contributed by atoms with E-state index < -0.39 is 25.7 Å². The Bertz CT molecular complexity index is 85.9. The average Bonchev–Trinajstić information content (AvgIpc) is 1.27. The first-order valence-corrected chi connectivity index (χ1v) is 3.33. The summed E-state index contributed by atoms with van der Waals surface area (Å²) in [6.07, 6.45) is 0. The van der Waals surface area contributed by atoms with Gasteiger partial charge in [0.05, 0.1) is 0 Å². The monoisotopic (exact) mass is 142 g/mol. The number of rotatable bonds is 2. The average molecular weight is 142 g/mol. The van der Waals surface area contributed by atoms with E-state index in [1.807, 2.05) is 0 Å². The molecule has 4 nitrogen and oxygen atoms in total. The van der Waals surface area contributed by atoms with Gasteiger partial charge in [0.25, 0.3) is 0 Å². The van der Waals surface area contributed by atoms with Crippen molar-refractivity contribution in [2.75, 3.05) is 0 Å². The molecule has 5 heteroatoms. The molecule has 0 aliphatic rings. The van der Waals surface area contributed by atoms with Gasteiger partial charge in [0.1, 0.15) is 0 Å². The predicted molar refractivity (Wildman–Crippen MR) is 10.5 cm³/mol. The van der Waals surface area contributed by atoms with Crippen LogP contribution in [-0.4, -0.2) is 5.97 Å². The molecule has 0 aromatic heterocycles. The van der Waals surface area contributed by atoms with Crippen molar-refractivity contribution in [3.63, 3.8) is 0 Å². The second-order valence-electron chi connectivity index (χ2n) is 0.820. The topological polar surface area (TPSA) is 80.3 Å². The zero-order valence-corrected chi connectivity index (χ0v) is 4.52. The van der Waals surface area contributed by atoms with Crippen LogP contribution in [0.2, 0.25) is 5.28 Å². The molecular weight excluding hydrogens is 140 g/mol. The first kappa shape index (κ1) is 6.76. The van der Waals surface area contributed by atoms with Gasteiger partial charge in [0.15, 0.2) is 0 Å². The van der Waals surface area contributed by atoms with Crippen LogP contribution in [0.5, 0.6) is 0 Å². The van der Waals surface area contributed by atoms with Crippen molar-refractivity contribution in [2.45, 2.75) is 5.28 Å². The second kappa shape index (κ2) is 2.86. The number of carboxylic acid groups (broad SMARTS) is 1. The van der Waals surface area contributed by atoms with Gasteiger partial charge < -0.3 is 0 Å². The molecule has 0 amide bonds. The SMILES string of the molecule is O=C([O-])[CH2][Cr](=[O])[O-]. The van der Waals surface area contributed by atoms with Gasteiger partial charge in [0.2, 0.25) is 0 Å².